The number of nitrogens with zero attached hydrogens (tertiary/aromatic N) is 2. The van der Waals surface area contributed by atoms with Gasteiger partial charge in [0.25, 0.3) is 0 Å². The molecule has 1 aliphatic heterocycles. The van der Waals surface area contributed by atoms with Crippen molar-refractivity contribution in [2.75, 3.05) is 13.2 Å². The molecule has 5 nitrogen and oxygen atoms in total. The van der Waals surface area contributed by atoms with E-state index in [1.165, 1.54) is 4.90 Å². The van der Waals surface area contributed by atoms with Gasteiger partial charge in [0, 0.05) is 25.5 Å². The molecule has 5 heteroatoms. The Morgan fingerprint density at radius 3 is 2.88 bits per heavy atom. The number of pyridine rings is 1. The van der Waals surface area contributed by atoms with Crippen LogP contribution in [0.5, 0.6) is 0 Å². The SMILES string of the molecule is O=C(O)N(Cc1ccncc1)C[C@@H]1CCCO1. The molecule has 0 unspecified atom stereocenters. The molecule has 2 heterocycles. The Labute approximate surface area is 100 Å². The van der Waals surface area contributed by atoms with Gasteiger partial charge in [0.05, 0.1) is 12.6 Å². The molecule has 1 aromatic heterocycles. The van der Waals surface area contributed by atoms with E-state index >= 15 is 0 Å². The molecule has 1 atom stereocenters. The summed E-state index contributed by atoms with van der Waals surface area (Å²) in [4.78, 5) is 16.5. The lowest BCUT2D eigenvalue weighted by atomic mass is 10.2. The Morgan fingerprint density at radius 1 is 1.53 bits per heavy atom. The molecule has 17 heavy (non-hydrogen) atoms. The van der Waals surface area contributed by atoms with E-state index in [1.807, 2.05) is 12.1 Å². The molecular weight excluding hydrogens is 220 g/mol. The molecule has 1 fully saturated rings. The zero-order chi connectivity index (χ0) is 12.1. The summed E-state index contributed by atoms with van der Waals surface area (Å²) < 4.78 is 5.45. The smallest absolute Gasteiger partial charge is 0.407 e. The van der Waals surface area contributed by atoms with Gasteiger partial charge in [-0.1, -0.05) is 0 Å². The molecule has 92 valence electrons. The zero-order valence-corrected chi connectivity index (χ0v) is 9.58. The molecule has 0 spiro atoms. The standard InChI is InChI=1S/C12H16N2O3/c15-12(16)14(9-11-2-1-7-17-11)8-10-3-5-13-6-4-10/h3-6,11H,1-2,7-9H2,(H,15,16)/t11-/m0/s1. The van der Waals surface area contributed by atoms with Crippen LogP contribution in [0.3, 0.4) is 0 Å². The fourth-order valence-corrected chi connectivity index (χ4v) is 1.95. The first-order valence-electron chi connectivity index (χ1n) is 5.74. The number of rotatable bonds is 4. The third kappa shape index (κ3) is 3.42. The highest BCUT2D eigenvalue weighted by Gasteiger charge is 2.22. The molecule has 0 saturated carbocycles. The lowest BCUT2D eigenvalue weighted by molar-refractivity contribution is 0.0671. The van der Waals surface area contributed by atoms with Gasteiger partial charge < -0.3 is 14.7 Å². The van der Waals surface area contributed by atoms with Gasteiger partial charge in [-0.05, 0) is 30.5 Å². The van der Waals surface area contributed by atoms with Crippen molar-refractivity contribution in [1.29, 1.82) is 0 Å². The first kappa shape index (κ1) is 11.9. The summed E-state index contributed by atoms with van der Waals surface area (Å²) in [5, 5.41) is 9.15. The van der Waals surface area contributed by atoms with Crippen molar-refractivity contribution in [2.45, 2.75) is 25.5 Å². The lowest BCUT2D eigenvalue weighted by Crippen LogP contribution is -2.35. The van der Waals surface area contributed by atoms with Gasteiger partial charge in [-0.3, -0.25) is 4.98 Å². The number of ether oxygens (including phenoxy) is 1. The maximum absolute atomic E-state index is 11.1. The Kier molecular flexibility index (Phi) is 3.93. The molecule has 1 saturated heterocycles. The zero-order valence-electron chi connectivity index (χ0n) is 9.58. The van der Waals surface area contributed by atoms with E-state index in [-0.39, 0.29) is 6.10 Å². The molecule has 0 bridgehead atoms. The third-order valence-electron chi connectivity index (χ3n) is 2.84. The summed E-state index contributed by atoms with van der Waals surface area (Å²) in [7, 11) is 0. The summed E-state index contributed by atoms with van der Waals surface area (Å²) in [5.41, 5.74) is 0.945. The van der Waals surface area contributed by atoms with Gasteiger partial charge in [0.2, 0.25) is 0 Å². The molecule has 1 N–H and O–H groups in total. The summed E-state index contributed by atoms with van der Waals surface area (Å²) in [6.45, 7) is 1.57. The first-order chi connectivity index (χ1) is 8.25. The third-order valence-corrected chi connectivity index (χ3v) is 2.84. The lowest BCUT2D eigenvalue weighted by Gasteiger charge is -2.22. The van der Waals surface area contributed by atoms with E-state index in [4.69, 9.17) is 9.84 Å². The van der Waals surface area contributed by atoms with Crippen LogP contribution in [0.4, 0.5) is 4.79 Å². The molecule has 1 amide bonds. The first-order valence-corrected chi connectivity index (χ1v) is 5.74. The summed E-state index contributed by atoms with van der Waals surface area (Å²) in [6, 6.07) is 3.65. The minimum absolute atomic E-state index is 0.0490. The van der Waals surface area contributed by atoms with E-state index < -0.39 is 6.09 Å². The van der Waals surface area contributed by atoms with Crippen molar-refractivity contribution in [2.24, 2.45) is 0 Å². The van der Waals surface area contributed by atoms with Crippen molar-refractivity contribution < 1.29 is 14.6 Å². The molecule has 0 radical (unpaired) electrons. The Morgan fingerprint density at radius 2 is 2.29 bits per heavy atom. The van der Waals surface area contributed by atoms with Crippen LogP contribution in [-0.2, 0) is 11.3 Å². The van der Waals surface area contributed by atoms with Crippen LogP contribution in [0, 0.1) is 0 Å². The van der Waals surface area contributed by atoms with Gasteiger partial charge in [0.1, 0.15) is 0 Å². The largest absolute Gasteiger partial charge is 0.465 e. The fourth-order valence-electron chi connectivity index (χ4n) is 1.95. The molecule has 0 aromatic carbocycles. The number of amides is 1. The van der Waals surface area contributed by atoms with Crippen LogP contribution in [0.1, 0.15) is 18.4 Å². The Balaban J connectivity index is 1.95. The average molecular weight is 236 g/mol. The van der Waals surface area contributed by atoms with Crippen LogP contribution in [-0.4, -0.2) is 40.3 Å². The van der Waals surface area contributed by atoms with Crippen LogP contribution in [0.25, 0.3) is 0 Å². The number of hydrogen-bond acceptors (Lipinski definition) is 3. The van der Waals surface area contributed by atoms with Crippen LogP contribution in [0.15, 0.2) is 24.5 Å². The maximum atomic E-state index is 11.1. The van der Waals surface area contributed by atoms with Gasteiger partial charge >= 0.3 is 6.09 Å². The van der Waals surface area contributed by atoms with Crippen molar-refractivity contribution in [3.05, 3.63) is 30.1 Å². The Bertz CT molecular complexity index is 363. The molecule has 1 aliphatic rings. The summed E-state index contributed by atoms with van der Waals surface area (Å²) in [6.07, 6.45) is 4.45. The second-order valence-corrected chi connectivity index (χ2v) is 4.15. The number of carbonyl (C=O) groups is 1. The summed E-state index contributed by atoms with van der Waals surface area (Å²) >= 11 is 0. The van der Waals surface area contributed by atoms with Crippen LogP contribution < -0.4 is 0 Å². The number of carboxylic acid groups (broad SMARTS) is 1. The minimum atomic E-state index is -0.905. The van der Waals surface area contributed by atoms with E-state index in [9.17, 15) is 4.79 Å². The van der Waals surface area contributed by atoms with Crippen molar-refractivity contribution in [3.8, 4) is 0 Å². The average Bonchev–Trinajstić information content (AvgIpc) is 2.82. The van der Waals surface area contributed by atoms with E-state index in [0.717, 1.165) is 25.0 Å². The van der Waals surface area contributed by atoms with Crippen LogP contribution in [0.2, 0.25) is 0 Å². The fraction of sp³-hybridized carbons (Fsp3) is 0.500. The minimum Gasteiger partial charge on any atom is -0.465 e. The van der Waals surface area contributed by atoms with Gasteiger partial charge in [0.15, 0.2) is 0 Å². The normalized spacial score (nSPS) is 19.2. The molecule has 1 aromatic rings. The number of hydrogen-bond donors (Lipinski definition) is 1. The number of aromatic nitrogens is 1. The van der Waals surface area contributed by atoms with Crippen LogP contribution >= 0.6 is 0 Å². The summed E-state index contributed by atoms with van der Waals surface area (Å²) in [5.74, 6) is 0. The van der Waals surface area contributed by atoms with E-state index in [0.29, 0.717) is 13.1 Å². The quantitative estimate of drug-likeness (QED) is 0.865. The predicted molar refractivity (Wildman–Crippen MR) is 61.6 cm³/mol. The highest BCUT2D eigenvalue weighted by molar-refractivity contribution is 5.65. The molecule has 0 aliphatic carbocycles. The monoisotopic (exact) mass is 236 g/mol. The highest BCUT2D eigenvalue weighted by Crippen LogP contribution is 2.15. The highest BCUT2D eigenvalue weighted by atomic mass is 16.5. The molecular formula is C12H16N2O3. The topological polar surface area (TPSA) is 62.7 Å². The Hall–Kier alpha value is -1.62. The van der Waals surface area contributed by atoms with Crippen molar-refractivity contribution >= 4 is 6.09 Å². The second kappa shape index (κ2) is 5.63. The van der Waals surface area contributed by atoms with Gasteiger partial charge in [-0.15, -0.1) is 0 Å². The van der Waals surface area contributed by atoms with Crippen molar-refractivity contribution in [3.63, 3.8) is 0 Å². The molecule has 2 rings (SSSR count). The maximum Gasteiger partial charge on any atom is 0.407 e. The van der Waals surface area contributed by atoms with Gasteiger partial charge in [-0.2, -0.15) is 0 Å². The predicted octanol–water partition coefficient (Wildman–Crippen LogP) is 1.74. The van der Waals surface area contributed by atoms with E-state index in [1.54, 1.807) is 12.4 Å². The second-order valence-electron chi connectivity index (χ2n) is 4.15. The van der Waals surface area contributed by atoms with Gasteiger partial charge in [-0.25, -0.2) is 4.79 Å². The van der Waals surface area contributed by atoms with E-state index in [2.05, 4.69) is 4.98 Å². The van der Waals surface area contributed by atoms with Crippen molar-refractivity contribution in [1.82, 2.24) is 9.88 Å².